The van der Waals surface area contributed by atoms with E-state index in [1.165, 1.54) is 17.3 Å². The van der Waals surface area contributed by atoms with Crippen LogP contribution in [0.15, 0.2) is 103 Å². The van der Waals surface area contributed by atoms with Crippen molar-refractivity contribution >= 4 is 28.3 Å². The van der Waals surface area contributed by atoms with Gasteiger partial charge < -0.3 is 0 Å². The van der Waals surface area contributed by atoms with E-state index in [9.17, 15) is 0 Å². The molecule has 0 aliphatic heterocycles. The average Bonchev–Trinajstić information content (AvgIpc) is 2.80. The van der Waals surface area contributed by atoms with Gasteiger partial charge in [-0.2, -0.15) is 0 Å². The fourth-order valence-corrected chi connectivity index (χ4v) is 3.57. The van der Waals surface area contributed by atoms with E-state index in [-0.39, 0.29) is 0 Å². The van der Waals surface area contributed by atoms with Gasteiger partial charge in [-0.25, -0.2) is 0 Å². The normalized spacial score (nSPS) is 10.5. The lowest BCUT2D eigenvalue weighted by molar-refractivity contribution is -0.616. The minimum Gasteiger partial charge on any atom is -0.142 e. The summed E-state index contributed by atoms with van der Waals surface area (Å²) in [6.07, 6.45) is 1.98. The smallest absolute Gasteiger partial charge is 0.142 e. The van der Waals surface area contributed by atoms with Crippen molar-refractivity contribution < 1.29 is 4.68 Å². The highest BCUT2D eigenvalue weighted by Gasteiger charge is 2.24. The van der Waals surface area contributed by atoms with Gasteiger partial charge in [0.1, 0.15) is 0 Å². The molecule has 4 heteroatoms. The molecule has 1 aromatic heterocycles. The molecule has 0 radical (unpaired) electrons. The topological polar surface area (TPSA) is 15.9 Å². The predicted octanol–water partition coefficient (Wildman–Crippen LogP) is 6.17. The van der Waals surface area contributed by atoms with Gasteiger partial charge in [-0.3, -0.25) is 0 Å². The third-order valence-corrected chi connectivity index (χ3v) is 5.75. The first-order valence-electron chi connectivity index (χ1n) is 9.37. The Hall–Kier alpha value is -2.95. The first-order valence-corrected chi connectivity index (χ1v) is 11.0. The quantitative estimate of drug-likeness (QED) is 0.318. The van der Waals surface area contributed by atoms with Crippen LogP contribution in [0, 0.1) is 0 Å². The summed E-state index contributed by atoms with van der Waals surface area (Å²) in [6, 6.07) is 35.7. The van der Waals surface area contributed by atoms with Gasteiger partial charge in [-0.05, 0) is 53.9 Å². The van der Waals surface area contributed by atoms with Gasteiger partial charge >= 0.3 is 0 Å². The maximum absolute atomic E-state index is 5.51. The summed E-state index contributed by atoms with van der Waals surface area (Å²) < 4.78 is 2.81. The van der Waals surface area contributed by atoms with Crippen LogP contribution >= 0.6 is 24.0 Å². The van der Waals surface area contributed by atoms with Crippen LogP contribution in [-0.4, -0.2) is 10.6 Å². The molecule has 0 bridgehead atoms. The number of hydrogen-bond acceptors (Lipinski definition) is 2. The molecule has 0 spiro atoms. The molecule has 0 amide bonds. The molecular formula is C25H21N2S2+. The molecule has 0 unspecified atom stereocenters. The van der Waals surface area contributed by atoms with Crippen LogP contribution in [0.1, 0.15) is 0 Å². The third-order valence-electron chi connectivity index (χ3n) is 4.70. The van der Waals surface area contributed by atoms with Crippen molar-refractivity contribution in [2.45, 2.75) is 0 Å². The summed E-state index contributed by atoms with van der Waals surface area (Å²) in [4.78, 5) is 0. The minimum atomic E-state index is 0.719. The van der Waals surface area contributed by atoms with Crippen LogP contribution < -0.4 is 10.1 Å². The zero-order chi connectivity index (χ0) is 20.1. The second-order valence-corrected chi connectivity index (χ2v) is 8.03. The lowest BCUT2D eigenvalue weighted by Gasteiger charge is -2.12. The zero-order valence-corrected chi connectivity index (χ0v) is 17.7. The maximum Gasteiger partial charge on any atom is 0.244 e. The number of hydrogen-bond donors (Lipinski definition) is 1. The molecule has 2 nitrogen and oxygen atoms in total. The fraction of sp³-hybridized carbons (Fsp3) is 0.0400. The molecule has 0 atom stereocenters. The van der Waals surface area contributed by atoms with Crippen LogP contribution in [0.5, 0.6) is 0 Å². The lowest BCUT2D eigenvalue weighted by Crippen LogP contribution is -2.50. The molecular weight excluding hydrogens is 392 g/mol. The van der Waals surface area contributed by atoms with Gasteiger partial charge in [0, 0.05) is 23.3 Å². The Morgan fingerprint density at radius 3 is 1.48 bits per heavy atom. The number of nitrogens with zero attached hydrogens (tertiary/aromatic N) is 1. The second-order valence-electron chi connectivity index (χ2n) is 6.55. The third kappa shape index (κ3) is 4.39. The number of thioether (sulfide) groups is 1. The summed E-state index contributed by atoms with van der Waals surface area (Å²) in [6.45, 7) is 0. The molecule has 0 fully saturated rings. The molecule has 142 valence electrons. The maximum atomic E-state index is 5.51. The minimum absolute atomic E-state index is 0.719. The summed E-state index contributed by atoms with van der Waals surface area (Å²) in [5.41, 5.74) is 10.1. The molecule has 1 heterocycles. The molecule has 0 aliphatic rings. The van der Waals surface area contributed by atoms with Gasteiger partial charge in [-0.15, -0.1) is 5.43 Å². The molecule has 0 aliphatic carbocycles. The first-order chi connectivity index (χ1) is 14.3. The van der Waals surface area contributed by atoms with E-state index < -0.39 is 0 Å². The Bertz CT molecular complexity index is 1050. The summed E-state index contributed by atoms with van der Waals surface area (Å²) in [7, 11) is 0. The predicted molar refractivity (Wildman–Crippen MR) is 128 cm³/mol. The number of nitrogens with one attached hydrogen (secondary N) is 1. The second kappa shape index (κ2) is 9.03. The lowest BCUT2D eigenvalue weighted by atomic mass is 10.00. The molecule has 0 saturated heterocycles. The molecule has 4 aromatic rings. The van der Waals surface area contributed by atoms with E-state index in [0.29, 0.717) is 0 Å². The molecule has 3 aromatic carbocycles. The standard InChI is InChI=1S/C25H20N2S2/c1-29-25(28)26-27-23(20-13-7-3-8-14-20)17-22(19-11-5-2-6-12-19)18-24(27)21-15-9-4-10-16-21/h2-18H,1H3/p+1. The summed E-state index contributed by atoms with van der Waals surface area (Å²) in [5.74, 6) is 0. The van der Waals surface area contributed by atoms with Gasteiger partial charge in [0.15, 0.2) is 4.32 Å². The fourth-order valence-electron chi connectivity index (χ4n) is 3.29. The average molecular weight is 414 g/mol. The van der Waals surface area contributed by atoms with Gasteiger partial charge in [0.05, 0.1) is 0 Å². The van der Waals surface area contributed by atoms with Crippen molar-refractivity contribution in [2.75, 3.05) is 11.7 Å². The van der Waals surface area contributed by atoms with Crippen LogP contribution in [0.4, 0.5) is 0 Å². The number of thiocarbonyl (C=S) groups is 1. The number of pyridine rings is 1. The van der Waals surface area contributed by atoms with E-state index in [4.69, 9.17) is 12.2 Å². The van der Waals surface area contributed by atoms with Crippen molar-refractivity contribution in [1.29, 1.82) is 0 Å². The summed E-state index contributed by atoms with van der Waals surface area (Å²) in [5, 5.41) is 0. The van der Waals surface area contributed by atoms with E-state index >= 15 is 0 Å². The highest BCUT2D eigenvalue weighted by molar-refractivity contribution is 8.22. The van der Waals surface area contributed by atoms with Crippen LogP contribution in [0.25, 0.3) is 33.6 Å². The number of rotatable bonds is 4. The Labute approximate surface area is 181 Å². The van der Waals surface area contributed by atoms with E-state index in [0.717, 1.165) is 32.4 Å². The molecule has 1 N–H and O–H groups in total. The Balaban J connectivity index is 2.02. The van der Waals surface area contributed by atoms with Crippen molar-refractivity contribution in [3.05, 3.63) is 103 Å². The van der Waals surface area contributed by atoms with Crippen LogP contribution in [0.2, 0.25) is 0 Å². The largest absolute Gasteiger partial charge is 0.244 e. The van der Waals surface area contributed by atoms with Gasteiger partial charge in [0.25, 0.3) is 0 Å². The Kier molecular flexibility index (Phi) is 6.03. The molecule has 29 heavy (non-hydrogen) atoms. The number of benzene rings is 3. The van der Waals surface area contributed by atoms with Crippen molar-refractivity contribution in [3.63, 3.8) is 0 Å². The summed E-state index contributed by atoms with van der Waals surface area (Å²) >= 11 is 7.04. The van der Waals surface area contributed by atoms with E-state index in [2.05, 4.69) is 95.0 Å². The zero-order valence-electron chi connectivity index (χ0n) is 16.1. The SMILES string of the molecule is CSC(=S)N[n+]1c(-c2ccccc2)cc(-c2ccccc2)cc1-c1ccccc1. The van der Waals surface area contributed by atoms with Gasteiger partial charge in [-0.1, -0.05) is 83.2 Å². The van der Waals surface area contributed by atoms with Crippen molar-refractivity contribution in [3.8, 4) is 33.6 Å². The van der Waals surface area contributed by atoms with Crippen molar-refractivity contribution in [2.24, 2.45) is 0 Å². The Morgan fingerprint density at radius 2 is 1.07 bits per heavy atom. The van der Waals surface area contributed by atoms with Crippen LogP contribution in [-0.2, 0) is 0 Å². The monoisotopic (exact) mass is 413 g/mol. The van der Waals surface area contributed by atoms with Crippen molar-refractivity contribution in [1.82, 2.24) is 0 Å². The first kappa shape index (κ1) is 19.4. The highest BCUT2D eigenvalue weighted by atomic mass is 32.2. The van der Waals surface area contributed by atoms with E-state index in [1.54, 1.807) is 0 Å². The molecule has 0 saturated carbocycles. The van der Waals surface area contributed by atoms with E-state index in [1.807, 2.05) is 24.5 Å². The number of aromatic nitrogens is 1. The van der Waals surface area contributed by atoms with Crippen LogP contribution in [0.3, 0.4) is 0 Å². The highest BCUT2D eigenvalue weighted by Crippen LogP contribution is 2.28. The molecule has 4 rings (SSSR count). The van der Waals surface area contributed by atoms with Gasteiger partial charge in [0.2, 0.25) is 11.4 Å². The Morgan fingerprint density at radius 1 is 0.655 bits per heavy atom.